The molecule has 196 valence electrons. The van der Waals surface area contributed by atoms with E-state index in [1.165, 1.54) is 29.7 Å². The van der Waals surface area contributed by atoms with Gasteiger partial charge in [0.1, 0.15) is 11.7 Å². The molecule has 2 fully saturated rings. The molecule has 5 heterocycles. The predicted octanol–water partition coefficient (Wildman–Crippen LogP) is 4.67. The number of carbonyl (C=O) groups is 1. The highest BCUT2D eigenvalue weighted by molar-refractivity contribution is 6.42. The molecule has 11 heteroatoms. The van der Waals surface area contributed by atoms with E-state index in [9.17, 15) is 14.3 Å². The second kappa shape index (κ2) is 8.97. The van der Waals surface area contributed by atoms with Crippen LogP contribution in [0, 0.1) is 0 Å². The number of carboxylic acid groups (broad SMARTS) is 1. The zero-order valence-corrected chi connectivity index (χ0v) is 21.9. The van der Waals surface area contributed by atoms with Crippen LogP contribution in [0.5, 0.6) is 0 Å². The minimum Gasteiger partial charge on any atom is -0.479 e. The van der Waals surface area contributed by atoms with Gasteiger partial charge >= 0.3 is 5.97 Å². The van der Waals surface area contributed by atoms with Crippen LogP contribution in [0.3, 0.4) is 0 Å². The van der Waals surface area contributed by atoms with Crippen LogP contribution in [0.2, 0.25) is 10.0 Å². The van der Waals surface area contributed by atoms with E-state index in [4.69, 9.17) is 23.2 Å². The first-order valence-corrected chi connectivity index (χ1v) is 13.5. The molecule has 3 aliphatic rings. The summed E-state index contributed by atoms with van der Waals surface area (Å²) in [6.07, 6.45) is 3.31. The molecule has 38 heavy (non-hydrogen) atoms. The molecule has 0 radical (unpaired) electrons. The second-order valence-electron chi connectivity index (χ2n) is 10.3. The van der Waals surface area contributed by atoms with Gasteiger partial charge in [0, 0.05) is 67.2 Å². The lowest BCUT2D eigenvalue weighted by Gasteiger charge is -2.36. The molecule has 4 atom stereocenters. The van der Waals surface area contributed by atoms with Crippen LogP contribution in [0.4, 0.5) is 10.1 Å². The number of carboxylic acids is 1. The van der Waals surface area contributed by atoms with Crippen molar-refractivity contribution in [2.75, 3.05) is 31.1 Å². The average Bonchev–Trinajstić information content (AvgIpc) is 3.67. The molecule has 4 unspecified atom stereocenters. The van der Waals surface area contributed by atoms with Crippen molar-refractivity contribution >= 4 is 45.8 Å². The standard InChI is InChI=1S/C27H25Cl2FN6O2/c28-21-10-19(15-1-3-17(4-2-15)35-8-7-33-6-5-18(35)12-33)23(29)24-20(21)13-36(32-24)26(27(37)38)25-22-9-16(30)11-34(22)14-31-25/h1-4,10,13-14,16,18,26H,5-9,11-12H2,(H,37,38). The topological polar surface area (TPSA) is 79.4 Å². The lowest BCUT2D eigenvalue weighted by Crippen LogP contribution is -2.46. The molecule has 0 spiro atoms. The zero-order valence-electron chi connectivity index (χ0n) is 20.4. The van der Waals surface area contributed by atoms with Crippen LogP contribution < -0.4 is 4.90 Å². The van der Waals surface area contributed by atoms with Crippen molar-refractivity contribution < 1.29 is 14.3 Å². The maximum atomic E-state index is 14.0. The van der Waals surface area contributed by atoms with Crippen molar-refractivity contribution in [3.05, 3.63) is 64.3 Å². The second-order valence-corrected chi connectivity index (χ2v) is 11.1. The normalized spacial score (nSPS) is 23.2. The maximum Gasteiger partial charge on any atom is 0.334 e. The first-order valence-electron chi connectivity index (χ1n) is 12.7. The largest absolute Gasteiger partial charge is 0.479 e. The number of anilines is 1. The van der Waals surface area contributed by atoms with E-state index >= 15 is 0 Å². The number of halogens is 3. The number of hydrogen-bond donors (Lipinski definition) is 1. The van der Waals surface area contributed by atoms with Crippen LogP contribution in [-0.2, 0) is 17.8 Å². The van der Waals surface area contributed by atoms with Gasteiger partial charge in [0.25, 0.3) is 0 Å². The van der Waals surface area contributed by atoms with Gasteiger partial charge in [-0.15, -0.1) is 0 Å². The van der Waals surface area contributed by atoms with E-state index in [2.05, 4.69) is 32.0 Å². The zero-order chi connectivity index (χ0) is 26.1. The van der Waals surface area contributed by atoms with Gasteiger partial charge in [-0.25, -0.2) is 14.2 Å². The molecule has 0 aliphatic carbocycles. The van der Waals surface area contributed by atoms with Gasteiger partial charge in [0.2, 0.25) is 0 Å². The highest BCUT2D eigenvalue weighted by Crippen LogP contribution is 2.40. The van der Waals surface area contributed by atoms with E-state index in [0.717, 1.165) is 30.8 Å². The number of fused-ring (bicyclic) bond motifs is 4. The lowest BCUT2D eigenvalue weighted by molar-refractivity contribution is -0.139. The quantitative estimate of drug-likeness (QED) is 0.386. The lowest BCUT2D eigenvalue weighted by atomic mass is 10.0. The van der Waals surface area contributed by atoms with E-state index in [0.29, 0.717) is 32.7 Å². The highest BCUT2D eigenvalue weighted by Gasteiger charge is 2.35. The summed E-state index contributed by atoms with van der Waals surface area (Å²) >= 11 is 13.5. The number of benzene rings is 2. The van der Waals surface area contributed by atoms with Gasteiger partial charge in [0.15, 0.2) is 6.04 Å². The van der Waals surface area contributed by atoms with E-state index in [1.54, 1.807) is 16.8 Å². The molecule has 2 saturated heterocycles. The summed E-state index contributed by atoms with van der Waals surface area (Å²) in [6.45, 7) is 4.58. The minimum absolute atomic E-state index is 0.123. The average molecular weight is 555 g/mol. The number of nitrogens with zero attached hydrogens (tertiary/aromatic N) is 6. The fraction of sp³-hybridized carbons (Fsp3) is 0.370. The number of aliphatic carboxylic acids is 1. The molecular weight excluding hydrogens is 530 g/mol. The van der Waals surface area contributed by atoms with Crippen LogP contribution in [0.15, 0.2) is 42.9 Å². The summed E-state index contributed by atoms with van der Waals surface area (Å²) < 4.78 is 17.0. The summed E-state index contributed by atoms with van der Waals surface area (Å²) in [4.78, 5) is 21.6. The SMILES string of the molecule is O=C(O)C(c1ncn2c1CC(F)C2)n1cc2c(Cl)cc(-c3ccc(N4CCN5CCC4C5)cc3)c(Cl)c2n1. The van der Waals surface area contributed by atoms with Gasteiger partial charge in [-0.2, -0.15) is 5.10 Å². The molecule has 3 aliphatic heterocycles. The minimum atomic E-state index is -1.23. The first-order chi connectivity index (χ1) is 18.4. The number of imidazole rings is 1. The van der Waals surface area contributed by atoms with Crippen LogP contribution >= 0.6 is 23.2 Å². The van der Waals surface area contributed by atoms with Crippen molar-refractivity contribution in [1.82, 2.24) is 24.2 Å². The highest BCUT2D eigenvalue weighted by atomic mass is 35.5. The number of hydrogen-bond acceptors (Lipinski definition) is 5. The van der Waals surface area contributed by atoms with E-state index < -0.39 is 18.2 Å². The first kappa shape index (κ1) is 23.9. The Hall–Kier alpha value is -3.14. The summed E-state index contributed by atoms with van der Waals surface area (Å²) in [6, 6.07) is 9.44. The Balaban J connectivity index is 1.25. The van der Waals surface area contributed by atoms with Crippen LogP contribution in [-0.4, -0.2) is 73.7 Å². The van der Waals surface area contributed by atoms with Gasteiger partial charge in [-0.05, 0) is 30.2 Å². The summed E-state index contributed by atoms with van der Waals surface area (Å²) in [7, 11) is 0. The molecule has 8 nitrogen and oxygen atoms in total. The Morgan fingerprint density at radius 3 is 2.74 bits per heavy atom. The molecule has 1 N–H and O–H groups in total. The third kappa shape index (κ3) is 3.79. The third-order valence-corrected chi connectivity index (χ3v) is 8.80. The molecule has 7 rings (SSSR count). The van der Waals surface area contributed by atoms with Gasteiger partial charge < -0.3 is 14.6 Å². The van der Waals surface area contributed by atoms with Crippen LogP contribution in [0.25, 0.3) is 22.0 Å². The number of rotatable bonds is 5. The van der Waals surface area contributed by atoms with E-state index in [-0.39, 0.29) is 18.7 Å². The van der Waals surface area contributed by atoms with Crippen molar-refractivity contribution in [2.45, 2.75) is 37.6 Å². The van der Waals surface area contributed by atoms with Crippen molar-refractivity contribution in [3.63, 3.8) is 0 Å². The molecule has 2 aromatic heterocycles. The Morgan fingerprint density at radius 1 is 1.13 bits per heavy atom. The fourth-order valence-electron chi connectivity index (χ4n) is 6.21. The molecule has 0 amide bonds. The van der Waals surface area contributed by atoms with Crippen molar-refractivity contribution in [3.8, 4) is 11.1 Å². The molecule has 4 aromatic rings. The fourth-order valence-corrected chi connectivity index (χ4v) is 6.76. The van der Waals surface area contributed by atoms with Gasteiger partial charge in [-0.1, -0.05) is 35.3 Å². The Bertz CT molecular complexity index is 1570. The summed E-state index contributed by atoms with van der Waals surface area (Å²) in [5, 5.41) is 16.0. The Morgan fingerprint density at radius 2 is 1.95 bits per heavy atom. The number of piperazine rings is 1. The molecule has 2 aromatic carbocycles. The van der Waals surface area contributed by atoms with Gasteiger partial charge in [0.05, 0.1) is 28.6 Å². The van der Waals surface area contributed by atoms with Crippen molar-refractivity contribution in [2.24, 2.45) is 0 Å². The molecule has 2 bridgehead atoms. The van der Waals surface area contributed by atoms with E-state index in [1.807, 2.05) is 12.1 Å². The molecular formula is C27H25Cl2FN6O2. The maximum absolute atomic E-state index is 14.0. The number of alkyl halides is 1. The van der Waals surface area contributed by atoms with Crippen molar-refractivity contribution in [1.29, 1.82) is 0 Å². The molecule has 0 saturated carbocycles. The summed E-state index contributed by atoms with van der Waals surface area (Å²) in [5.41, 5.74) is 4.07. The predicted molar refractivity (Wildman–Crippen MR) is 144 cm³/mol. The third-order valence-electron chi connectivity index (χ3n) is 8.11. The number of aromatic nitrogens is 4. The van der Waals surface area contributed by atoms with Gasteiger partial charge in [-0.3, -0.25) is 9.58 Å². The summed E-state index contributed by atoms with van der Waals surface area (Å²) in [5.74, 6) is -1.15. The monoisotopic (exact) mass is 554 g/mol. The Kier molecular flexibility index (Phi) is 5.65. The Labute approximate surface area is 228 Å². The van der Waals surface area contributed by atoms with Crippen LogP contribution in [0.1, 0.15) is 23.9 Å². The smallest absolute Gasteiger partial charge is 0.334 e.